The SMILES string of the molecule is CCC(O)NC(CC)Oc1cc(OC)ccc1C(O)CCc1ccccc1. The van der Waals surface area contributed by atoms with Crippen molar-refractivity contribution in [3.8, 4) is 11.5 Å². The normalized spacial score (nSPS) is 14.4. The molecule has 27 heavy (non-hydrogen) atoms. The minimum Gasteiger partial charge on any atom is -0.497 e. The van der Waals surface area contributed by atoms with Crippen molar-refractivity contribution in [2.45, 2.75) is 58.1 Å². The number of hydrogen-bond acceptors (Lipinski definition) is 5. The van der Waals surface area contributed by atoms with Crippen molar-refractivity contribution < 1.29 is 19.7 Å². The maximum atomic E-state index is 10.7. The lowest BCUT2D eigenvalue weighted by molar-refractivity contribution is 0.0496. The molecular weight excluding hydrogens is 342 g/mol. The monoisotopic (exact) mass is 373 g/mol. The summed E-state index contributed by atoms with van der Waals surface area (Å²) in [6.07, 6.45) is 0.989. The summed E-state index contributed by atoms with van der Waals surface area (Å²) >= 11 is 0. The molecule has 0 bridgehead atoms. The fourth-order valence-corrected chi connectivity index (χ4v) is 2.84. The molecule has 2 aromatic carbocycles. The van der Waals surface area contributed by atoms with Gasteiger partial charge in [-0.2, -0.15) is 0 Å². The highest BCUT2D eigenvalue weighted by atomic mass is 16.5. The molecular formula is C22H31NO4. The molecule has 0 aromatic heterocycles. The molecule has 5 heteroatoms. The number of methoxy groups -OCH3 is 1. The van der Waals surface area contributed by atoms with Gasteiger partial charge in [0, 0.05) is 11.6 Å². The lowest BCUT2D eigenvalue weighted by Crippen LogP contribution is -2.41. The Kier molecular flexibility index (Phi) is 8.58. The lowest BCUT2D eigenvalue weighted by atomic mass is 10.0. The summed E-state index contributed by atoms with van der Waals surface area (Å²) in [5.74, 6) is 1.23. The largest absolute Gasteiger partial charge is 0.497 e. The fourth-order valence-electron chi connectivity index (χ4n) is 2.84. The maximum Gasteiger partial charge on any atom is 0.151 e. The Balaban J connectivity index is 2.14. The smallest absolute Gasteiger partial charge is 0.151 e. The van der Waals surface area contributed by atoms with Gasteiger partial charge in [-0.25, -0.2) is 0 Å². The highest BCUT2D eigenvalue weighted by Crippen LogP contribution is 2.32. The van der Waals surface area contributed by atoms with Gasteiger partial charge in [0.05, 0.1) is 13.2 Å². The first-order valence-electron chi connectivity index (χ1n) is 9.58. The van der Waals surface area contributed by atoms with Crippen molar-refractivity contribution in [1.29, 1.82) is 0 Å². The number of hydrogen-bond donors (Lipinski definition) is 3. The van der Waals surface area contributed by atoms with Crippen molar-refractivity contribution in [3.05, 3.63) is 59.7 Å². The first kappa shape index (κ1) is 21.2. The van der Waals surface area contributed by atoms with E-state index in [4.69, 9.17) is 9.47 Å². The predicted molar refractivity (Wildman–Crippen MR) is 107 cm³/mol. The van der Waals surface area contributed by atoms with Crippen LogP contribution in [0.4, 0.5) is 0 Å². The van der Waals surface area contributed by atoms with Crippen LogP contribution in [0.3, 0.4) is 0 Å². The molecule has 0 aliphatic carbocycles. The van der Waals surface area contributed by atoms with E-state index in [1.54, 1.807) is 13.2 Å². The molecule has 3 N–H and O–H groups in total. The molecule has 0 radical (unpaired) electrons. The van der Waals surface area contributed by atoms with E-state index in [1.807, 2.05) is 44.2 Å². The summed E-state index contributed by atoms with van der Waals surface area (Å²) in [6, 6.07) is 15.5. The van der Waals surface area contributed by atoms with Crippen LogP contribution in [0, 0.1) is 0 Å². The van der Waals surface area contributed by atoms with Crippen LogP contribution in [0.15, 0.2) is 48.5 Å². The van der Waals surface area contributed by atoms with Gasteiger partial charge in [0.1, 0.15) is 17.7 Å². The zero-order valence-corrected chi connectivity index (χ0v) is 16.4. The molecule has 0 aliphatic rings. The average Bonchev–Trinajstić information content (AvgIpc) is 2.71. The Morgan fingerprint density at radius 1 is 1.00 bits per heavy atom. The Morgan fingerprint density at radius 2 is 1.74 bits per heavy atom. The zero-order chi connectivity index (χ0) is 19.6. The van der Waals surface area contributed by atoms with Gasteiger partial charge in [0.15, 0.2) is 6.23 Å². The van der Waals surface area contributed by atoms with E-state index in [9.17, 15) is 10.2 Å². The van der Waals surface area contributed by atoms with Crippen LogP contribution in [0.25, 0.3) is 0 Å². The fraction of sp³-hybridized carbons (Fsp3) is 0.455. The van der Waals surface area contributed by atoms with E-state index >= 15 is 0 Å². The van der Waals surface area contributed by atoms with Crippen LogP contribution in [0.5, 0.6) is 11.5 Å². The van der Waals surface area contributed by atoms with E-state index in [0.717, 1.165) is 12.0 Å². The van der Waals surface area contributed by atoms with Crippen molar-refractivity contribution in [2.75, 3.05) is 7.11 Å². The van der Waals surface area contributed by atoms with E-state index < -0.39 is 12.3 Å². The van der Waals surface area contributed by atoms with Crippen molar-refractivity contribution in [3.63, 3.8) is 0 Å². The second-order valence-corrected chi connectivity index (χ2v) is 6.55. The van der Waals surface area contributed by atoms with Gasteiger partial charge < -0.3 is 19.7 Å². The molecule has 0 heterocycles. The first-order valence-corrected chi connectivity index (χ1v) is 9.58. The lowest BCUT2D eigenvalue weighted by Gasteiger charge is -2.25. The van der Waals surface area contributed by atoms with E-state index in [0.29, 0.717) is 30.8 Å². The molecule has 0 aliphatic heterocycles. The summed E-state index contributed by atoms with van der Waals surface area (Å²) in [4.78, 5) is 0. The van der Waals surface area contributed by atoms with E-state index in [-0.39, 0.29) is 6.23 Å². The van der Waals surface area contributed by atoms with Gasteiger partial charge in [0.2, 0.25) is 0 Å². The molecule has 0 spiro atoms. The molecule has 2 rings (SSSR count). The summed E-state index contributed by atoms with van der Waals surface area (Å²) < 4.78 is 11.4. The number of ether oxygens (including phenoxy) is 2. The highest BCUT2D eigenvalue weighted by Gasteiger charge is 2.19. The topological polar surface area (TPSA) is 71.0 Å². The first-order chi connectivity index (χ1) is 13.1. The third-order valence-corrected chi connectivity index (χ3v) is 4.53. The summed E-state index contributed by atoms with van der Waals surface area (Å²) in [5, 5.41) is 23.6. The third-order valence-electron chi connectivity index (χ3n) is 4.53. The third kappa shape index (κ3) is 6.54. The molecule has 3 unspecified atom stereocenters. The van der Waals surface area contributed by atoms with Crippen LogP contribution in [0.2, 0.25) is 0 Å². The molecule has 148 valence electrons. The summed E-state index contributed by atoms with van der Waals surface area (Å²) in [6.45, 7) is 3.88. The molecule has 2 aromatic rings. The van der Waals surface area contributed by atoms with Crippen LogP contribution in [-0.2, 0) is 6.42 Å². The van der Waals surface area contributed by atoms with E-state index in [2.05, 4.69) is 17.4 Å². The van der Waals surface area contributed by atoms with Crippen molar-refractivity contribution >= 4 is 0 Å². The second-order valence-electron chi connectivity index (χ2n) is 6.55. The van der Waals surface area contributed by atoms with Crippen molar-refractivity contribution in [1.82, 2.24) is 5.32 Å². The Bertz CT molecular complexity index is 677. The molecule has 0 saturated carbocycles. The number of aryl methyl sites for hydroxylation is 1. The summed E-state index contributed by atoms with van der Waals surface area (Å²) in [5.41, 5.74) is 1.91. The molecule has 0 fully saturated rings. The van der Waals surface area contributed by atoms with Gasteiger partial charge in [-0.1, -0.05) is 44.2 Å². The number of rotatable bonds is 11. The number of aliphatic hydroxyl groups is 2. The number of nitrogens with one attached hydrogen (secondary N) is 1. The van der Waals surface area contributed by atoms with Gasteiger partial charge in [-0.15, -0.1) is 0 Å². The van der Waals surface area contributed by atoms with Crippen LogP contribution in [-0.4, -0.2) is 29.8 Å². The van der Waals surface area contributed by atoms with Gasteiger partial charge in [0.25, 0.3) is 0 Å². The van der Waals surface area contributed by atoms with Crippen molar-refractivity contribution in [2.24, 2.45) is 0 Å². The predicted octanol–water partition coefficient (Wildman–Crippen LogP) is 3.79. The molecule has 5 nitrogen and oxygen atoms in total. The van der Waals surface area contributed by atoms with Crippen LogP contribution >= 0.6 is 0 Å². The molecule has 0 saturated heterocycles. The zero-order valence-electron chi connectivity index (χ0n) is 16.4. The second kappa shape index (κ2) is 10.9. The molecule has 3 atom stereocenters. The minimum atomic E-state index is -0.653. The number of benzene rings is 2. The maximum absolute atomic E-state index is 10.7. The van der Waals surface area contributed by atoms with E-state index in [1.165, 1.54) is 5.56 Å². The Hall–Kier alpha value is -2.08. The van der Waals surface area contributed by atoms with Gasteiger partial charge >= 0.3 is 0 Å². The molecule has 0 amide bonds. The Labute approximate surface area is 162 Å². The Morgan fingerprint density at radius 3 is 2.37 bits per heavy atom. The van der Waals surface area contributed by atoms with Crippen LogP contribution < -0.4 is 14.8 Å². The quantitative estimate of drug-likeness (QED) is 0.523. The van der Waals surface area contributed by atoms with Gasteiger partial charge in [-0.05, 0) is 43.4 Å². The van der Waals surface area contributed by atoms with Gasteiger partial charge in [-0.3, -0.25) is 5.32 Å². The minimum absolute atomic E-state index is 0.355. The standard InChI is InChI=1S/C22H31NO4/c1-4-21(25)23-22(5-2)27-20-15-17(26-3)12-13-18(20)19(24)14-11-16-9-7-6-8-10-16/h6-10,12-13,15,19,21-25H,4-5,11,14H2,1-3H3. The number of aliphatic hydroxyl groups excluding tert-OH is 2. The van der Waals surface area contributed by atoms with Crippen LogP contribution in [0.1, 0.15) is 50.3 Å². The average molecular weight is 373 g/mol. The summed E-state index contributed by atoms with van der Waals surface area (Å²) in [7, 11) is 1.60. The highest BCUT2D eigenvalue weighted by molar-refractivity contribution is 5.42.